The zero-order valence-electron chi connectivity index (χ0n) is 40.2. The molecule has 0 fully saturated rings. The summed E-state index contributed by atoms with van der Waals surface area (Å²) in [5, 5.41) is 9.60. The van der Waals surface area contributed by atoms with Crippen molar-refractivity contribution in [2.24, 2.45) is 0 Å². The van der Waals surface area contributed by atoms with Gasteiger partial charge in [0.05, 0.1) is 19.4 Å². The number of aliphatic hydroxyl groups is 1. The summed E-state index contributed by atoms with van der Waals surface area (Å²) in [6, 6.07) is 0. The molecule has 0 bridgehead atoms. The smallest absolute Gasteiger partial charge is 0.310 e. The summed E-state index contributed by atoms with van der Waals surface area (Å²) >= 11 is 0. The van der Waals surface area contributed by atoms with Crippen LogP contribution < -0.4 is 0 Å². The molecule has 0 amide bonds. The Hall–Kier alpha value is -1.88. The van der Waals surface area contributed by atoms with Gasteiger partial charge in [0.25, 0.3) is 0 Å². The number of ether oxygens (including phenoxy) is 2. The van der Waals surface area contributed by atoms with Crippen LogP contribution in [0, 0.1) is 0 Å². The van der Waals surface area contributed by atoms with E-state index in [1.807, 2.05) is 24.3 Å². The summed E-state index contributed by atoms with van der Waals surface area (Å²) in [6.07, 6.45) is 65.9. The first kappa shape index (κ1) is 58.1. The number of hydrogen-bond donors (Lipinski definition) is 1. The van der Waals surface area contributed by atoms with Crippen molar-refractivity contribution in [3.63, 3.8) is 0 Å². The highest BCUT2D eigenvalue weighted by Crippen LogP contribution is 2.17. The Kier molecular flexibility index (Phi) is 49.9. The van der Waals surface area contributed by atoms with Gasteiger partial charge < -0.3 is 14.6 Å². The van der Waals surface area contributed by atoms with E-state index < -0.39 is 12.1 Å². The number of carbonyl (C=O) groups excluding carboxylic acids is 2. The third-order valence-electron chi connectivity index (χ3n) is 12.0. The normalized spacial score (nSPS) is 12.4. The van der Waals surface area contributed by atoms with Crippen LogP contribution in [0.1, 0.15) is 284 Å². The quantitative estimate of drug-likeness (QED) is 0.0375. The molecule has 0 aliphatic rings. The predicted molar refractivity (Wildman–Crippen MR) is 261 cm³/mol. The monoisotopic (exact) mass is 843 g/mol. The molecule has 0 heterocycles. The van der Waals surface area contributed by atoms with E-state index >= 15 is 0 Å². The van der Waals surface area contributed by atoms with Crippen LogP contribution in [0.3, 0.4) is 0 Å². The van der Waals surface area contributed by atoms with Crippen molar-refractivity contribution in [1.29, 1.82) is 0 Å². The van der Waals surface area contributed by atoms with Gasteiger partial charge in [-0.1, -0.05) is 275 Å². The zero-order chi connectivity index (χ0) is 43.5. The molecule has 0 unspecified atom stereocenters. The van der Waals surface area contributed by atoms with Crippen molar-refractivity contribution >= 4 is 11.9 Å². The van der Waals surface area contributed by atoms with Gasteiger partial charge in [0.1, 0.15) is 6.61 Å². The third-order valence-corrected chi connectivity index (χ3v) is 12.0. The average Bonchev–Trinajstić information content (AvgIpc) is 3.25. The van der Waals surface area contributed by atoms with Crippen molar-refractivity contribution in [2.75, 3.05) is 13.2 Å². The van der Waals surface area contributed by atoms with E-state index in [1.165, 1.54) is 231 Å². The fourth-order valence-electron chi connectivity index (χ4n) is 7.97. The molecule has 0 aliphatic heterocycles. The molecule has 0 aliphatic carbocycles. The van der Waals surface area contributed by atoms with Gasteiger partial charge >= 0.3 is 11.9 Å². The maximum Gasteiger partial charge on any atom is 0.310 e. The summed E-state index contributed by atoms with van der Waals surface area (Å²) in [4.78, 5) is 24.3. The summed E-state index contributed by atoms with van der Waals surface area (Å²) in [5.74, 6) is -0.797. The Bertz CT molecular complexity index is 955. The SMILES string of the molecule is CCCCCCCCCCCCCCCCCCCC=CCC=CCC(=O)OC[C@H](CO)OC(=O)CC=CCCCCCCCCCCCCCCCCCCCCCC. The highest BCUT2D eigenvalue weighted by Gasteiger charge is 2.15. The van der Waals surface area contributed by atoms with Crippen LogP contribution in [0.2, 0.25) is 0 Å². The van der Waals surface area contributed by atoms with E-state index in [4.69, 9.17) is 9.47 Å². The van der Waals surface area contributed by atoms with Crippen LogP contribution >= 0.6 is 0 Å². The Morgan fingerprint density at radius 3 is 1.02 bits per heavy atom. The van der Waals surface area contributed by atoms with Crippen LogP contribution in [0.25, 0.3) is 0 Å². The van der Waals surface area contributed by atoms with E-state index in [1.54, 1.807) is 0 Å². The second kappa shape index (κ2) is 51.5. The lowest BCUT2D eigenvalue weighted by molar-refractivity contribution is -0.160. The Morgan fingerprint density at radius 2 is 0.667 bits per heavy atom. The van der Waals surface area contributed by atoms with E-state index in [-0.39, 0.29) is 32.0 Å². The van der Waals surface area contributed by atoms with E-state index in [0.717, 1.165) is 25.7 Å². The van der Waals surface area contributed by atoms with Gasteiger partial charge in [-0.25, -0.2) is 0 Å². The third kappa shape index (κ3) is 48.8. The molecule has 5 nitrogen and oxygen atoms in total. The van der Waals surface area contributed by atoms with Crippen LogP contribution in [-0.4, -0.2) is 36.4 Å². The molecule has 0 rings (SSSR count). The molecule has 0 saturated heterocycles. The lowest BCUT2D eigenvalue weighted by atomic mass is 10.0. The largest absolute Gasteiger partial charge is 0.461 e. The summed E-state index contributed by atoms with van der Waals surface area (Å²) < 4.78 is 10.5. The lowest BCUT2D eigenvalue weighted by Crippen LogP contribution is -2.28. The average molecular weight is 843 g/mol. The summed E-state index contributed by atoms with van der Waals surface area (Å²) in [5.41, 5.74) is 0. The summed E-state index contributed by atoms with van der Waals surface area (Å²) in [7, 11) is 0. The topological polar surface area (TPSA) is 72.8 Å². The van der Waals surface area contributed by atoms with Crippen molar-refractivity contribution in [3.05, 3.63) is 36.5 Å². The van der Waals surface area contributed by atoms with E-state index in [0.29, 0.717) is 0 Å². The number of hydrogen-bond acceptors (Lipinski definition) is 5. The van der Waals surface area contributed by atoms with Gasteiger partial charge in [0.15, 0.2) is 6.10 Å². The molecule has 0 radical (unpaired) electrons. The molecule has 1 atom stereocenters. The lowest BCUT2D eigenvalue weighted by Gasteiger charge is -2.15. The van der Waals surface area contributed by atoms with Gasteiger partial charge in [-0.3, -0.25) is 9.59 Å². The maximum absolute atomic E-state index is 12.2. The molecule has 0 spiro atoms. The molecule has 0 aromatic heterocycles. The number of rotatable bonds is 49. The highest BCUT2D eigenvalue weighted by atomic mass is 16.6. The number of allylic oxidation sites excluding steroid dienone is 4. The van der Waals surface area contributed by atoms with Crippen molar-refractivity contribution in [3.8, 4) is 0 Å². The standard InChI is InChI=1S/C55H102O5/c1-3-5-7-9-11-13-15-17-19-21-23-25-27-29-31-33-35-37-39-41-43-45-47-49-54(57)59-52-53(51-56)60-55(58)50-48-46-44-42-40-38-36-34-32-30-28-26-24-22-20-18-16-14-12-10-8-6-4-2/h39,41,45-48,53,56H,3-38,40,42-44,49-52H2,1-2H3/t53-/m0/s1. The molecule has 0 aromatic carbocycles. The van der Waals surface area contributed by atoms with Gasteiger partial charge in [-0.15, -0.1) is 0 Å². The van der Waals surface area contributed by atoms with Gasteiger partial charge in [-0.05, 0) is 32.1 Å². The Morgan fingerprint density at radius 1 is 0.383 bits per heavy atom. The van der Waals surface area contributed by atoms with E-state index in [2.05, 4.69) is 26.0 Å². The Labute approximate surface area is 374 Å². The van der Waals surface area contributed by atoms with Gasteiger partial charge in [0, 0.05) is 0 Å². The van der Waals surface area contributed by atoms with Crippen LogP contribution in [0.4, 0.5) is 0 Å². The van der Waals surface area contributed by atoms with Crippen molar-refractivity contribution < 1.29 is 24.2 Å². The maximum atomic E-state index is 12.2. The van der Waals surface area contributed by atoms with Gasteiger partial charge in [0.2, 0.25) is 0 Å². The molecule has 0 saturated carbocycles. The number of unbranched alkanes of at least 4 members (excludes halogenated alkanes) is 37. The summed E-state index contributed by atoms with van der Waals surface area (Å²) in [6.45, 7) is 4.08. The fourth-order valence-corrected chi connectivity index (χ4v) is 7.97. The Balaban J connectivity index is 3.55. The zero-order valence-corrected chi connectivity index (χ0v) is 40.2. The van der Waals surface area contributed by atoms with Gasteiger partial charge in [-0.2, -0.15) is 0 Å². The molecular formula is C55H102O5. The minimum absolute atomic E-state index is 0.128. The number of carbonyl (C=O) groups is 2. The van der Waals surface area contributed by atoms with Crippen LogP contribution in [-0.2, 0) is 19.1 Å². The molecule has 352 valence electrons. The minimum Gasteiger partial charge on any atom is -0.461 e. The molecule has 0 aromatic rings. The predicted octanol–water partition coefficient (Wildman–Crippen LogP) is 17.5. The fraction of sp³-hybridized carbons (Fsp3) is 0.855. The second-order valence-corrected chi connectivity index (χ2v) is 18.0. The second-order valence-electron chi connectivity index (χ2n) is 18.0. The first-order valence-corrected chi connectivity index (χ1v) is 26.5. The first-order valence-electron chi connectivity index (χ1n) is 26.5. The molecule has 60 heavy (non-hydrogen) atoms. The molecule has 1 N–H and O–H groups in total. The van der Waals surface area contributed by atoms with Crippen molar-refractivity contribution in [2.45, 2.75) is 290 Å². The molecular weight excluding hydrogens is 741 g/mol. The minimum atomic E-state index is -0.833. The highest BCUT2D eigenvalue weighted by molar-refractivity contribution is 5.72. The van der Waals surface area contributed by atoms with E-state index in [9.17, 15) is 14.7 Å². The van der Waals surface area contributed by atoms with Crippen LogP contribution in [0.15, 0.2) is 36.5 Å². The molecule has 5 heteroatoms. The number of aliphatic hydroxyl groups excluding tert-OH is 1. The van der Waals surface area contributed by atoms with Crippen molar-refractivity contribution in [1.82, 2.24) is 0 Å². The van der Waals surface area contributed by atoms with Crippen LogP contribution in [0.5, 0.6) is 0 Å². The number of esters is 2. The first-order chi connectivity index (χ1) is 29.6.